The fraction of sp³-hybridized carbons (Fsp3) is 0.500. The molecule has 0 amide bonds. The van der Waals surface area contributed by atoms with Crippen LogP contribution >= 0.6 is 0 Å². The molecule has 0 aliphatic heterocycles. The standard InChI is InChI=1S/C12H19NO4/c1-8(14)4-5-17-12-10(13)6-9(15-2)7-11(12)16-3/h6-8,14H,4-5,13H2,1-3H3/t8-/m1/s1. The number of ether oxygens (including phenoxy) is 3. The van der Waals surface area contributed by atoms with Crippen molar-refractivity contribution in [1.82, 2.24) is 0 Å². The molecule has 1 aromatic carbocycles. The van der Waals surface area contributed by atoms with Gasteiger partial charge in [-0.1, -0.05) is 0 Å². The fourth-order valence-electron chi connectivity index (χ4n) is 1.35. The lowest BCUT2D eigenvalue weighted by Gasteiger charge is -2.14. The maximum absolute atomic E-state index is 9.15. The summed E-state index contributed by atoms with van der Waals surface area (Å²) >= 11 is 0. The number of nitrogens with two attached hydrogens (primary N) is 1. The Balaban J connectivity index is 2.82. The second-order valence-corrected chi connectivity index (χ2v) is 3.73. The molecule has 0 bridgehead atoms. The van der Waals surface area contributed by atoms with E-state index in [4.69, 9.17) is 25.1 Å². The van der Waals surface area contributed by atoms with Crippen molar-refractivity contribution in [3.63, 3.8) is 0 Å². The molecule has 0 fully saturated rings. The van der Waals surface area contributed by atoms with Gasteiger partial charge in [0.2, 0.25) is 0 Å². The van der Waals surface area contributed by atoms with Crippen LogP contribution in [0, 0.1) is 0 Å². The van der Waals surface area contributed by atoms with E-state index in [-0.39, 0.29) is 0 Å². The van der Waals surface area contributed by atoms with Crippen LogP contribution in [0.1, 0.15) is 13.3 Å². The molecule has 5 heteroatoms. The van der Waals surface area contributed by atoms with E-state index < -0.39 is 6.10 Å². The minimum Gasteiger partial charge on any atom is -0.497 e. The Kier molecular flexibility index (Phi) is 4.90. The monoisotopic (exact) mass is 241 g/mol. The van der Waals surface area contributed by atoms with Crippen molar-refractivity contribution in [2.75, 3.05) is 26.6 Å². The summed E-state index contributed by atoms with van der Waals surface area (Å²) in [6, 6.07) is 3.37. The van der Waals surface area contributed by atoms with Gasteiger partial charge in [-0.2, -0.15) is 0 Å². The Bertz CT molecular complexity index is 366. The van der Waals surface area contributed by atoms with Gasteiger partial charge in [0.15, 0.2) is 11.5 Å². The zero-order valence-electron chi connectivity index (χ0n) is 10.4. The highest BCUT2D eigenvalue weighted by Gasteiger charge is 2.11. The van der Waals surface area contributed by atoms with Crippen LogP contribution in [0.5, 0.6) is 17.2 Å². The van der Waals surface area contributed by atoms with E-state index in [0.717, 1.165) is 0 Å². The van der Waals surface area contributed by atoms with Crippen molar-refractivity contribution in [2.45, 2.75) is 19.4 Å². The Labute approximate surface area is 101 Å². The smallest absolute Gasteiger partial charge is 0.184 e. The minimum absolute atomic E-state index is 0.380. The quantitative estimate of drug-likeness (QED) is 0.737. The molecule has 1 rings (SSSR count). The lowest BCUT2D eigenvalue weighted by Crippen LogP contribution is -2.09. The van der Waals surface area contributed by atoms with Gasteiger partial charge in [0.25, 0.3) is 0 Å². The van der Waals surface area contributed by atoms with Gasteiger partial charge in [0.05, 0.1) is 32.6 Å². The van der Waals surface area contributed by atoms with E-state index >= 15 is 0 Å². The Hall–Kier alpha value is -1.62. The lowest BCUT2D eigenvalue weighted by atomic mass is 10.2. The number of aliphatic hydroxyl groups is 1. The highest BCUT2D eigenvalue weighted by atomic mass is 16.5. The maximum atomic E-state index is 9.15. The topological polar surface area (TPSA) is 73.9 Å². The molecule has 1 aromatic rings. The molecule has 0 saturated heterocycles. The van der Waals surface area contributed by atoms with Gasteiger partial charge < -0.3 is 25.1 Å². The molecular formula is C12H19NO4. The van der Waals surface area contributed by atoms with Crippen molar-refractivity contribution in [2.24, 2.45) is 0 Å². The summed E-state index contributed by atoms with van der Waals surface area (Å²) in [6.07, 6.45) is 0.134. The normalized spacial score (nSPS) is 12.0. The zero-order chi connectivity index (χ0) is 12.8. The largest absolute Gasteiger partial charge is 0.497 e. The Morgan fingerprint density at radius 3 is 2.53 bits per heavy atom. The summed E-state index contributed by atoms with van der Waals surface area (Å²) in [5, 5.41) is 9.15. The van der Waals surface area contributed by atoms with Gasteiger partial charge in [-0.3, -0.25) is 0 Å². The van der Waals surface area contributed by atoms with Crippen LogP contribution in [0.2, 0.25) is 0 Å². The van der Waals surface area contributed by atoms with Gasteiger partial charge in [-0.15, -0.1) is 0 Å². The first-order valence-electron chi connectivity index (χ1n) is 5.40. The third-order valence-corrected chi connectivity index (χ3v) is 2.29. The number of anilines is 1. The van der Waals surface area contributed by atoms with E-state index in [1.807, 2.05) is 0 Å². The van der Waals surface area contributed by atoms with Crippen LogP contribution in [0.25, 0.3) is 0 Å². The third kappa shape index (κ3) is 3.71. The van der Waals surface area contributed by atoms with Crippen LogP contribution in [0.3, 0.4) is 0 Å². The molecule has 3 N–H and O–H groups in total. The molecule has 0 aliphatic rings. The van der Waals surface area contributed by atoms with Gasteiger partial charge in [-0.05, 0) is 6.92 Å². The summed E-state index contributed by atoms with van der Waals surface area (Å²) in [7, 11) is 3.10. The molecule has 17 heavy (non-hydrogen) atoms. The molecule has 0 spiro atoms. The molecule has 0 unspecified atom stereocenters. The molecule has 0 saturated carbocycles. The average Bonchev–Trinajstić information content (AvgIpc) is 2.30. The molecule has 0 radical (unpaired) electrons. The van der Waals surface area contributed by atoms with Crippen molar-refractivity contribution in [3.8, 4) is 17.2 Å². The van der Waals surface area contributed by atoms with Crippen LogP contribution in [-0.4, -0.2) is 32.0 Å². The predicted molar refractivity (Wildman–Crippen MR) is 65.8 cm³/mol. The first-order chi connectivity index (χ1) is 8.08. The highest BCUT2D eigenvalue weighted by Crippen LogP contribution is 2.37. The van der Waals surface area contributed by atoms with E-state index in [1.165, 1.54) is 7.11 Å². The molecular weight excluding hydrogens is 222 g/mol. The summed E-state index contributed by atoms with van der Waals surface area (Å²) < 4.78 is 15.8. The summed E-state index contributed by atoms with van der Waals surface area (Å²) in [4.78, 5) is 0. The van der Waals surface area contributed by atoms with Crippen molar-refractivity contribution in [3.05, 3.63) is 12.1 Å². The van der Waals surface area contributed by atoms with Gasteiger partial charge in [-0.25, -0.2) is 0 Å². The van der Waals surface area contributed by atoms with Gasteiger partial charge in [0.1, 0.15) is 5.75 Å². The molecule has 0 aromatic heterocycles. The van der Waals surface area contributed by atoms with Crippen molar-refractivity contribution < 1.29 is 19.3 Å². The van der Waals surface area contributed by atoms with Crippen LogP contribution in [0.4, 0.5) is 5.69 Å². The molecule has 0 aliphatic carbocycles. The minimum atomic E-state index is -0.402. The van der Waals surface area contributed by atoms with E-state index in [9.17, 15) is 0 Å². The van der Waals surface area contributed by atoms with Crippen LogP contribution < -0.4 is 19.9 Å². The van der Waals surface area contributed by atoms with Crippen molar-refractivity contribution >= 4 is 5.69 Å². The average molecular weight is 241 g/mol. The number of nitrogen functional groups attached to an aromatic ring is 1. The second kappa shape index (κ2) is 6.20. The summed E-state index contributed by atoms with van der Waals surface area (Å²) in [5.74, 6) is 1.61. The first kappa shape index (κ1) is 13.4. The van der Waals surface area contributed by atoms with Crippen molar-refractivity contribution in [1.29, 1.82) is 0 Å². The number of aliphatic hydroxyl groups excluding tert-OH is 1. The second-order valence-electron chi connectivity index (χ2n) is 3.73. The third-order valence-electron chi connectivity index (χ3n) is 2.29. The number of benzene rings is 1. The first-order valence-corrected chi connectivity index (χ1v) is 5.40. The van der Waals surface area contributed by atoms with Gasteiger partial charge >= 0.3 is 0 Å². The lowest BCUT2D eigenvalue weighted by molar-refractivity contribution is 0.154. The number of hydrogen-bond acceptors (Lipinski definition) is 5. The molecule has 0 heterocycles. The van der Waals surface area contributed by atoms with Crippen LogP contribution in [0.15, 0.2) is 12.1 Å². The van der Waals surface area contributed by atoms with Crippen LogP contribution in [-0.2, 0) is 0 Å². The van der Waals surface area contributed by atoms with Gasteiger partial charge in [0, 0.05) is 18.6 Å². The Morgan fingerprint density at radius 1 is 1.29 bits per heavy atom. The molecule has 96 valence electrons. The number of methoxy groups -OCH3 is 2. The SMILES string of the molecule is COc1cc(N)c(OCC[C@@H](C)O)c(OC)c1. The highest BCUT2D eigenvalue weighted by molar-refractivity contribution is 5.63. The maximum Gasteiger partial charge on any atom is 0.184 e. The van der Waals surface area contributed by atoms with E-state index in [0.29, 0.717) is 36.0 Å². The molecule has 1 atom stereocenters. The number of rotatable bonds is 6. The predicted octanol–water partition coefficient (Wildman–Crippen LogP) is 1.44. The number of hydrogen-bond donors (Lipinski definition) is 2. The zero-order valence-corrected chi connectivity index (χ0v) is 10.4. The summed E-state index contributed by atoms with van der Waals surface area (Å²) in [6.45, 7) is 2.09. The fourth-order valence-corrected chi connectivity index (χ4v) is 1.35. The molecule has 5 nitrogen and oxygen atoms in total. The van der Waals surface area contributed by atoms with E-state index in [2.05, 4.69) is 0 Å². The summed E-state index contributed by atoms with van der Waals surface area (Å²) in [5.41, 5.74) is 6.29. The Morgan fingerprint density at radius 2 is 2.00 bits per heavy atom. The van der Waals surface area contributed by atoms with E-state index in [1.54, 1.807) is 26.2 Å².